The Bertz CT molecular complexity index is 784. The lowest BCUT2D eigenvalue weighted by atomic mass is 10.2. The standard InChI is InChI=1S/C19H20N4/c1-14-7-6-10-17(11-14)22-18-12-15(2)21-19(23-18)20-13-16-8-4-3-5-9-16/h3-12H,13H2,1-2H3,(H2,20,21,22,23). The molecular formula is C19H20N4. The first-order valence-corrected chi connectivity index (χ1v) is 7.66. The smallest absolute Gasteiger partial charge is 0.225 e. The van der Waals surface area contributed by atoms with E-state index in [1.54, 1.807) is 0 Å². The summed E-state index contributed by atoms with van der Waals surface area (Å²) < 4.78 is 0. The molecule has 1 heterocycles. The zero-order chi connectivity index (χ0) is 16.1. The third-order valence-electron chi connectivity index (χ3n) is 3.44. The summed E-state index contributed by atoms with van der Waals surface area (Å²) in [4.78, 5) is 8.99. The van der Waals surface area contributed by atoms with Gasteiger partial charge in [0, 0.05) is 24.0 Å². The van der Waals surface area contributed by atoms with Crippen LogP contribution in [0.5, 0.6) is 0 Å². The first-order valence-electron chi connectivity index (χ1n) is 7.66. The van der Waals surface area contributed by atoms with Crippen LogP contribution in [0, 0.1) is 13.8 Å². The second kappa shape index (κ2) is 6.92. The quantitative estimate of drug-likeness (QED) is 0.731. The van der Waals surface area contributed by atoms with Gasteiger partial charge in [0.15, 0.2) is 0 Å². The molecular weight excluding hydrogens is 284 g/mol. The van der Waals surface area contributed by atoms with Crippen LogP contribution in [0.3, 0.4) is 0 Å². The van der Waals surface area contributed by atoms with E-state index < -0.39 is 0 Å². The van der Waals surface area contributed by atoms with Crippen molar-refractivity contribution in [2.45, 2.75) is 20.4 Å². The van der Waals surface area contributed by atoms with Crippen LogP contribution < -0.4 is 10.6 Å². The molecule has 4 nitrogen and oxygen atoms in total. The zero-order valence-electron chi connectivity index (χ0n) is 13.4. The van der Waals surface area contributed by atoms with Crippen molar-refractivity contribution in [3.8, 4) is 0 Å². The van der Waals surface area contributed by atoms with Crippen LogP contribution in [-0.2, 0) is 6.54 Å². The topological polar surface area (TPSA) is 49.8 Å². The first kappa shape index (κ1) is 15.0. The molecule has 116 valence electrons. The summed E-state index contributed by atoms with van der Waals surface area (Å²) in [5.74, 6) is 1.42. The predicted octanol–water partition coefficient (Wildman–Crippen LogP) is 4.45. The minimum Gasteiger partial charge on any atom is -0.350 e. The maximum Gasteiger partial charge on any atom is 0.225 e. The lowest BCUT2D eigenvalue weighted by Crippen LogP contribution is -2.06. The molecule has 0 bridgehead atoms. The van der Waals surface area contributed by atoms with Gasteiger partial charge in [0.2, 0.25) is 5.95 Å². The van der Waals surface area contributed by atoms with Crippen molar-refractivity contribution < 1.29 is 0 Å². The van der Waals surface area contributed by atoms with Crippen molar-refractivity contribution in [3.05, 3.63) is 77.5 Å². The molecule has 0 spiro atoms. The predicted molar refractivity (Wildman–Crippen MR) is 95.0 cm³/mol. The number of nitrogens with one attached hydrogen (secondary N) is 2. The Morgan fingerprint density at radius 3 is 2.48 bits per heavy atom. The van der Waals surface area contributed by atoms with Crippen LogP contribution in [0.2, 0.25) is 0 Å². The molecule has 0 amide bonds. The molecule has 23 heavy (non-hydrogen) atoms. The van der Waals surface area contributed by atoms with E-state index >= 15 is 0 Å². The van der Waals surface area contributed by atoms with Crippen LogP contribution in [0.1, 0.15) is 16.8 Å². The highest BCUT2D eigenvalue weighted by Crippen LogP contribution is 2.18. The van der Waals surface area contributed by atoms with Crippen LogP contribution in [0.4, 0.5) is 17.5 Å². The monoisotopic (exact) mass is 304 g/mol. The van der Waals surface area contributed by atoms with E-state index in [0.29, 0.717) is 12.5 Å². The molecule has 0 saturated carbocycles. The number of nitrogens with zero attached hydrogens (tertiary/aromatic N) is 2. The Labute approximate surface area is 136 Å². The van der Waals surface area contributed by atoms with Gasteiger partial charge in [-0.3, -0.25) is 0 Å². The first-order chi connectivity index (χ1) is 11.2. The van der Waals surface area contributed by atoms with Crippen molar-refractivity contribution in [2.75, 3.05) is 10.6 Å². The Kier molecular flexibility index (Phi) is 4.52. The molecule has 3 rings (SSSR count). The van der Waals surface area contributed by atoms with E-state index in [-0.39, 0.29) is 0 Å². The minimum absolute atomic E-state index is 0.629. The number of rotatable bonds is 5. The number of aryl methyl sites for hydroxylation is 2. The summed E-state index contributed by atoms with van der Waals surface area (Å²) >= 11 is 0. The molecule has 0 atom stereocenters. The third kappa shape index (κ3) is 4.30. The van der Waals surface area contributed by atoms with E-state index in [4.69, 9.17) is 0 Å². The highest BCUT2D eigenvalue weighted by Gasteiger charge is 2.03. The Morgan fingerprint density at radius 2 is 1.70 bits per heavy atom. The highest BCUT2D eigenvalue weighted by molar-refractivity contribution is 5.58. The van der Waals surface area contributed by atoms with Gasteiger partial charge < -0.3 is 10.6 Å². The summed E-state index contributed by atoms with van der Waals surface area (Å²) in [6.45, 7) is 4.74. The van der Waals surface area contributed by atoms with E-state index in [1.165, 1.54) is 11.1 Å². The van der Waals surface area contributed by atoms with Gasteiger partial charge in [-0.1, -0.05) is 42.5 Å². The van der Waals surface area contributed by atoms with Gasteiger partial charge in [-0.2, -0.15) is 4.98 Å². The van der Waals surface area contributed by atoms with Crippen LogP contribution in [-0.4, -0.2) is 9.97 Å². The van der Waals surface area contributed by atoms with E-state index in [2.05, 4.69) is 51.8 Å². The summed E-state index contributed by atoms with van der Waals surface area (Å²) in [6.07, 6.45) is 0. The molecule has 0 unspecified atom stereocenters. The van der Waals surface area contributed by atoms with Gasteiger partial charge in [0.05, 0.1) is 0 Å². The van der Waals surface area contributed by atoms with Crippen LogP contribution in [0.15, 0.2) is 60.7 Å². The number of anilines is 3. The molecule has 4 heteroatoms. The molecule has 2 N–H and O–H groups in total. The van der Waals surface area contributed by atoms with Crippen molar-refractivity contribution in [1.82, 2.24) is 9.97 Å². The maximum absolute atomic E-state index is 4.54. The fraction of sp³-hybridized carbons (Fsp3) is 0.158. The number of aromatic nitrogens is 2. The second-order valence-corrected chi connectivity index (χ2v) is 5.55. The third-order valence-corrected chi connectivity index (χ3v) is 3.44. The van der Waals surface area contributed by atoms with Crippen molar-refractivity contribution >= 4 is 17.5 Å². The van der Waals surface area contributed by atoms with Crippen LogP contribution >= 0.6 is 0 Å². The number of benzene rings is 2. The average Bonchev–Trinajstić information content (AvgIpc) is 2.53. The zero-order valence-corrected chi connectivity index (χ0v) is 13.4. The summed E-state index contributed by atoms with van der Waals surface area (Å²) in [6, 6.07) is 20.4. The average molecular weight is 304 g/mol. The molecule has 0 radical (unpaired) electrons. The van der Waals surface area contributed by atoms with Crippen molar-refractivity contribution in [1.29, 1.82) is 0 Å². The molecule has 0 fully saturated rings. The molecule has 3 aromatic rings. The molecule has 1 aromatic heterocycles. The minimum atomic E-state index is 0.629. The van der Waals surface area contributed by atoms with Gasteiger partial charge in [-0.15, -0.1) is 0 Å². The number of hydrogen-bond donors (Lipinski definition) is 2. The van der Waals surface area contributed by atoms with Gasteiger partial charge >= 0.3 is 0 Å². The molecule has 0 aliphatic carbocycles. The number of hydrogen-bond acceptors (Lipinski definition) is 4. The van der Waals surface area contributed by atoms with E-state index in [0.717, 1.165) is 17.2 Å². The SMILES string of the molecule is Cc1cccc(Nc2cc(C)nc(NCc3ccccc3)n2)c1. The normalized spacial score (nSPS) is 10.3. The fourth-order valence-corrected chi connectivity index (χ4v) is 2.36. The Morgan fingerprint density at radius 1 is 0.870 bits per heavy atom. The summed E-state index contributed by atoms with van der Waals surface area (Å²) in [5, 5.41) is 6.61. The maximum atomic E-state index is 4.54. The lowest BCUT2D eigenvalue weighted by molar-refractivity contribution is 1.03. The highest BCUT2D eigenvalue weighted by atomic mass is 15.1. The molecule has 0 aliphatic heterocycles. The fourth-order valence-electron chi connectivity index (χ4n) is 2.36. The van der Waals surface area contributed by atoms with Gasteiger partial charge in [-0.25, -0.2) is 4.98 Å². The molecule has 2 aromatic carbocycles. The van der Waals surface area contributed by atoms with Crippen molar-refractivity contribution in [3.63, 3.8) is 0 Å². The van der Waals surface area contributed by atoms with Crippen molar-refractivity contribution in [2.24, 2.45) is 0 Å². The van der Waals surface area contributed by atoms with Gasteiger partial charge in [0.25, 0.3) is 0 Å². The Hall–Kier alpha value is -2.88. The Balaban J connectivity index is 1.73. The van der Waals surface area contributed by atoms with E-state index in [1.807, 2.05) is 43.3 Å². The largest absolute Gasteiger partial charge is 0.350 e. The summed E-state index contributed by atoms with van der Waals surface area (Å²) in [5.41, 5.74) is 4.36. The van der Waals surface area contributed by atoms with Crippen LogP contribution in [0.25, 0.3) is 0 Å². The molecule has 0 aliphatic rings. The lowest BCUT2D eigenvalue weighted by Gasteiger charge is -2.10. The van der Waals surface area contributed by atoms with Gasteiger partial charge in [-0.05, 0) is 37.1 Å². The van der Waals surface area contributed by atoms with E-state index in [9.17, 15) is 0 Å². The molecule has 0 saturated heterocycles. The summed E-state index contributed by atoms with van der Waals surface area (Å²) in [7, 11) is 0. The second-order valence-electron chi connectivity index (χ2n) is 5.55. The van der Waals surface area contributed by atoms with Gasteiger partial charge in [0.1, 0.15) is 5.82 Å².